The SMILES string of the molecule is CC1CCCC(C)C1N[C@H](C)c1ccco1. The van der Waals surface area contributed by atoms with Gasteiger partial charge in [0.2, 0.25) is 0 Å². The van der Waals surface area contributed by atoms with Crippen molar-refractivity contribution in [2.24, 2.45) is 11.8 Å². The van der Waals surface area contributed by atoms with Crippen LogP contribution in [0.15, 0.2) is 22.8 Å². The summed E-state index contributed by atoms with van der Waals surface area (Å²) in [5.41, 5.74) is 0. The first-order valence-corrected chi connectivity index (χ1v) is 6.48. The molecule has 2 unspecified atom stereocenters. The zero-order valence-electron chi connectivity index (χ0n) is 10.6. The van der Waals surface area contributed by atoms with Gasteiger partial charge in [0.1, 0.15) is 5.76 Å². The Hall–Kier alpha value is -0.760. The lowest BCUT2D eigenvalue weighted by molar-refractivity contribution is 0.190. The molecule has 1 aliphatic rings. The first-order chi connectivity index (χ1) is 7.68. The Labute approximate surface area is 98.4 Å². The van der Waals surface area contributed by atoms with Gasteiger partial charge in [-0.3, -0.25) is 0 Å². The van der Waals surface area contributed by atoms with Crippen molar-refractivity contribution in [3.63, 3.8) is 0 Å². The fourth-order valence-electron chi connectivity index (χ4n) is 2.92. The van der Waals surface area contributed by atoms with E-state index in [1.165, 1.54) is 19.3 Å². The number of nitrogens with one attached hydrogen (secondary N) is 1. The first-order valence-electron chi connectivity index (χ1n) is 6.48. The van der Waals surface area contributed by atoms with Crippen molar-refractivity contribution in [3.8, 4) is 0 Å². The molecule has 0 amide bonds. The van der Waals surface area contributed by atoms with Gasteiger partial charge in [-0.2, -0.15) is 0 Å². The Morgan fingerprint density at radius 3 is 2.56 bits per heavy atom. The molecule has 90 valence electrons. The van der Waals surface area contributed by atoms with Crippen LogP contribution in [0.4, 0.5) is 0 Å². The van der Waals surface area contributed by atoms with Crippen LogP contribution in [0.1, 0.15) is 51.8 Å². The minimum atomic E-state index is 0.322. The third-order valence-electron chi connectivity index (χ3n) is 3.96. The van der Waals surface area contributed by atoms with Crippen LogP contribution in [0.5, 0.6) is 0 Å². The van der Waals surface area contributed by atoms with E-state index in [-0.39, 0.29) is 0 Å². The minimum Gasteiger partial charge on any atom is -0.468 e. The molecule has 2 nitrogen and oxygen atoms in total. The molecule has 0 radical (unpaired) electrons. The van der Waals surface area contributed by atoms with Gasteiger partial charge in [0.05, 0.1) is 12.3 Å². The highest BCUT2D eigenvalue weighted by atomic mass is 16.3. The molecule has 1 aromatic heterocycles. The maximum absolute atomic E-state index is 5.44. The maximum atomic E-state index is 5.44. The summed E-state index contributed by atoms with van der Waals surface area (Å²) >= 11 is 0. The van der Waals surface area contributed by atoms with E-state index < -0.39 is 0 Å². The minimum absolute atomic E-state index is 0.322. The van der Waals surface area contributed by atoms with E-state index in [4.69, 9.17) is 4.42 Å². The quantitative estimate of drug-likeness (QED) is 0.840. The molecule has 16 heavy (non-hydrogen) atoms. The largest absolute Gasteiger partial charge is 0.468 e. The highest BCUT2D eigenvalue weighted by Crippen LogP contribution is 2.30. The molecule has 0 saturated heterocycles. The van der Waals surface area contributed by atoms with Crippen molar-refractivity contribution in [1.29, 1.82) is 0 Å². The Balaban J connectivity index is 1.97. The topological polar surface area (TPSA) is 25.2 Å². The van der Waals surface area contributed by atoms with Crippen LogP contribution in [-0.4, -0.2) is 6.04 Å². The molecule has 1 aromatic rings. The van der Waals surface area contributed by atoms with Crippen LogP contribution in [0.2, 0.25) is 0 Å². The molecule has 1 saturated carbocycles. The second-order valence-corrected chi connectivity index (χ2v) is 5.32. The number of hydrogen-bond acceptors (Lipinski definition) is 2. The van der Waals surface area contributed by atoms with Crippen molar-refractivity contribution in [1.82, 2.24) is 5.32 Å². The van der Waals surface area contributed by atoms with E-state index in [1.807, 2.05) is 6.07 Å². The fourth-order valence-corrected chi connectivity index (χ4v) is 2.92. The average molecular weight is 221 g/mol. The van der Waals surface area contributed by atoms with Crippen LogP contribution in [0.25, 0.3) is 0 Å². The monoisotopic (exact) mass is 221 g/mol. The summed E-state index contributed by atoms with van der Waals surface area (Å²) in [6.07, 6.45) is 5.84. The molecule has 1 fully saturated rings. The normalized spacial score (nSPS) is 32.6. The Kier molecular flexibility index (Phi) is 3.70. The van der Waals surface area contributed by atoms with E-state index >= 15 is 0 Å². The average Bonchev–Trinajstić information content (AvgIpc) is 2.76. The van der Waals surface area contributed by atoms with Gasteiger partial charge in [0.25, 0.3) is 0 Å². The number of furan rings is 1. The predicted octanol–water partition coefficient (Wildman–Crippen LogP) is 3.75. The second-order valence-electron chi connectivity index (χ2n) is 5.32. The zero-order chi connectivity index (χ0) is 11.5. The highest BCUT2D eigenvalue weighted by molar-refractivity contribution is 5.04. The molecule has 2 heteroatoms. The van der Waals surface area contributed by atoms with Crippen LogP contribution in [-0.2, 0) is 0 Å². The Morgan fingerprint density at radius 2 is 2.00 bits per heavy atom. The molecule has 0 aromatic carbocycles. The van der Waals surface area contributed by atoms with Gasteiger partial charge in [-0.15, -0.1) is 0 Å². The standard InChI is InChI=1S/C14H23NO/c1-10-6-4-7-11(2)14(10)15-12(3)13-8-5-9-16-13/h5,8-12,14-15H,4,6-7H2,1-3H3/t10?,11?,12-,14?/m1/s1. The van der Waals surface area contributed by atoms with Gasteiger partial charge < -0.3 is 9.73 Å². The van der Waals surface area contributed by atoms with Gasteiger partial charge in [0, 0.05) is 6.04 Å². The Bertz CT molecular complexity index is 297. The van der Waals surface area contributed by atoms with Crippen molar-refractivity contribution >= 4 is 0 Å². The van der Waals surface area contributed by atoms with Gasteiger partial charge in [-0.25, -0.2) is 0 Å². The second kappa shape index (κ2) is 5.05. The van der Waals surface area contributed by atoms with E-state index in [1.54, 1.807) is 6.26 Å². The van der Waals surface area contributed by atoms with Crippen LogP contribution in [0.3, 0.4) is 0 Å². The third kappa shape index (κ3) is 2.49. The lowest BCUT2D eigenvalue weighted by Gasteiger charge is -2.36. The van der Waals surface area contributed by atoms with Crippen molar-refractivity contribution in [2.75, 3.05) is 0 Å². The lowest BCUT2D eigenvalue weighted by atomic mass is 9.78. The zero-order valence-corrected chi connectivity index (χ0v) is 10.6. The Morgan fingerprint density at radius 1 is 1.31 bits per heavy atom. The molecule has 1 aliphatic carbocycles. The molecular weight excluding hydrogens is 198 g/mol. The summed E-state index contributed by atoms with van der Waals surface area (Å²) in [6, 6.07) is 4.97. The maximum Gasteiger partial charge on any atom is 0.120 e. The summed E-state index contributed by atoms with van der Waals surface area (Å²) in [7, 11) is 0. The van der Waals surface area contributed by atoms with Crippen molar-refractivity contribution in [2.45, 2.75) is 52.1 Å². The van der Waals surface area contributed by atoms with Gasteiger partial charge in [-0.05, 0) is 43.7 Å². The number of rotatable bonds is 3. The van der Waals surface area contributed by atoms with E-state index in [9.17, 15) is 0 Å². The summed E-state index contributed by atoms with van der Waals surface area (Å²) in [5, 5.41) is 3.73. The van der Waals surface area contributed by atoms with Gasteiger partial charge >= 0.3 is 0 Å². The van der Waals surface area contributed by atoms with Gasteiger partial charge in [0.15, 0.2) is 0 Å². The van der Waals surface area contributed by atoms with E-state index in [2.05, 4.69) is 32.2 Å². The lowest BCUT2D eigenvalue weighted by Crippen LogP contribution is -2.43. The summed E-state index contributed by atoms with van der Waals surface area (Å²) in [5.74, 6) is 2.60. The van der Waals surface area contributed by atoms with Crippen molar-refractivity contribution < 1.29 is 4.42 Å². The molecule has 0 bridgehead atoms. The first kappa shape index (κ1) is 11.7. The molecule has 0 aliphatic heterocycles. The number of hydrogen-bond donors (Lipinski definition) is 1. The highest BCUT2D eigenvalue weighted by Gasteiger charge is 2.29. The molecule has 1 N–H and O–H groups in total. The molecule has 2 rings (SSSR count). The molecule has 3 atom stereocenters. The van der Waals surface area contributed by atoms with Crippen LogP contribution < -0.4 is 5.32 Å². The summed E-state index contributed by atoms with van der Waals surface area (Å²) < 4.78 is 5.44. The summed E-state index contributed by atoms with van der Waals surface area (Å²) in [6.45, 7) is 6.91. The predicted molar refractivity (Wildman–Crippen MR) is 66.2 cm³/mol. The summed E-state index contributed by atoms with van der Waals surface area (Å²) in [4.78, 5) is 0. The smallest absolute Gasteiger partial charge is 0.120 e. The fraction of sp³-hybridized carbons (Fsp3) is 0.714. The third-order valence-corrected chi connectivity index (χ3v) is 3.96. The molecular formula is C14H23NO. The van der Waals surface area contributed by atoms with E-state index in [0.29, 0.717) is 12.1 Å². The van der Waals surface area contributed by atoms with Gasteiger partial charge in [-0.1, -0.05) is 20.3 Å². The van der Waals surface area contributed by atoms with E-state index in [0.717, 1.165) is 17.6 Å². The van der Waals surface area contributed by atoms with Crippen LogP contribution >= 0.6 is 0 Å². The molecule has 0 spiro atoms. The molecule has 1 heterocycles. The van der Waals surface area contributed by atoms with Crippen LogP contribution in [0, 0.1) is 11.8 Å². The van der Waals surface area contributed by atoms with Crippen molar-refractivity contribution in [3.05, 3.63) is 24.2 Å².